The third-order valence-electron chi connectivity index (χ3n) is 6.50. The second-order valence-corrected chi connectivity index (χ2v) is 10.6. The summed E-state index contributed by atoms with van der Waals surface area (Å²) in [5.41, 5.74) is 1.67. The molecule has 0 saturated carbocycles. The van der Waals surface area contributed by atoms with Crippen LogP contribution in [0.3, 0.4) is 0 Å². The molecule has 1 saturated heterocycles. The fourth-order valence-electron chi connectivity index (χ4n) is 4.55. The Morgan fingerprint density at radius 1 is 0.857 bits per heavy atom. The molecule has 184 valence electrons. The van der Waals surface area contributed by atoms with Gasteiger partial charge in [0.1, 0.15) is 12.7 Å². The van der Waals surface area contributed by atoms with E-state index in [4.69, 9.17) is 9.47 Å². The zero-order valence-electron chi connectivity index (χ0n) is 19.6. The number of sulfonamides is 1. The quantitative estimate of drug-likeness (QED) is 0.488. The molecule has 0 aliphatic carbocycles. The topological polar surface area (TPSA) is 79.9 Å². The lowest BCUT2D eigenvalue weighted by Crippen LogP contribution is -2.44. The van der Waals surface area contributed by atoms with Crippen LogP contribution >= 0.6 is 0 Å². The molecule has 0 aromatic heterocycles. The Morgan fingerprint density at radius 3 is 2.29 bits per heavy atom. The van der Waals surface area contributed by atoms with E-state index in [1.807, 2.05) is 48.5 Å². The van der Waals surface area contributed by atoms with Gasteiger partial charge in [-0.3, -0.25) is 4.72 Å². The molecule has 35 heavy (non-hydrogen) atoms. The van der Waals surface area contributed by atoms with E-state index in [1.54, 1.807) is 30.3 Å². The van der Waals surface area contributed by atoms with Crippen LogP contribution in [0.25, 0.3) is 0 Å². The molecule has 5 rings (SSSR count). The molecule has 1 atom stereocenters. The minimum atomic E-state index is -3.58. The predicted molar refractivity (Wildman–Crippen MR) is 138 cm³/mol. The van der Waals surface area contributed by atoms with Crippen LogP contribution in [0.5, 0.6) is 11.5 Å². The molecule has 0 radical (unpaired) electrons. The number of hydrogen-bond acceptors (Lipinski definition) is 6. The van der Waals surface area contributed by atoms with Crippen molar-refractivity contribution in [1.82, 2.24) is 5.32 Å². The summed E-state index contributed by atoms with van der Waals surface area (Å²) in [6, 6.07) is 24.3. The van der Waals surface area contributed by atoms with Crippen LogP contribution in [0.2, 0.25) is 0 Å². The zero-order valence-corrected chi connectivity index (χ0v) is 20.4. The van der Waals surface area contributed by atoms with Crippen molar-refractivity contribution in [2.75, 3.05) is 35.9 Å². The van der Waals surface area contributed by atoms with E-state index in [9.17, 15) is 8.42 Å². The number of nitrogens with zero attached hydrogens (tertiary/aromatic N) is 1. The van der Waals surface area contributed by atoms with Gasteiger partial charge in [0.15, 0.2) is 11.5 Å². The maximum Gasteiger partial charge on any atom is 0.261 e. The van der Waals surface area contributed by atoms with E-state index in [2.05, 4.69) is 14.9 Å². The van der Waals surface area contributed by atoms with Crippen molar-refractivity contribution < 1.29 is 17.9 Å². The lowest BCUT2D eigenvalue weighted by atomic mass is 10.0. The number of ether oxygens (including phenoxy) is 2. The molecule has 3 aromatic carbocycles. The maximum atomic E-state index is 12.5. The number of benzene rings is 3. The molecule has 3 aromatic rings. The summed E-state index contributed by atoms with van der Waals surface area (Å²) < 4.78 is 39.5. The summed E-state index contributed by atoms with van der Waals surface area (Å²) in [5.74, 6) is 1.65. The van der Waals surface area contributed by atoms with Crippen LogP contribution in [0.1, 0.15) is 19.3 Å². The van der Waals surface area contributed by atoms with Crippen molar-refractivity contribution in [3.63, 3.8) is 0 Å². The summed E-state index contributed by atoms with van der Waals surface area (Å²) >= 11 is 0. The van der Waals surface area contributed by atoms with Crippen molar-refractivity contribution in [2.24, 2.45) is 0 Å². The fourth-order valence-corrected chi connectivity index (χ4v) is 5.63. The number of para-hydroxylation sites is 2. The van der Waals surface area contributed by atoms with E-state index < -0.39 is 10.0 Å². The largest absolute Gasteiger partial charge is 0.486 e. The first kappa shape index (κ1) is 23.5. The molecular weight excluding hydrogens is 462 g/mol. The van der Waals surface area contributed by atoms with Gasteiger partial charge in [0.25, 0.3) is 10.0 Å². The number of piperidine rings is 1. The molecule has 0 spiro atoms. The molecule has 1 unspecified atom stereocenters. The minimum absolute atomic E-state index is 0.0790. The Balaban J connectivity index is 1.06. The normalized spacial score (nSPS) is 18.3. The molecule has 0 bridgehead atoms. The lowest BCUT2D eigenvalue weighted by molar-refractivity contribution is 0.0841. The van der Waals surface area contributed by atoms with E-state index in [-0.39, 0.29) is 11.0 Å². The first-order valence-corrected chi connectivity index (χ1v) is 13.6. The summed E-state index contributed by atoms with van der Waals surface area (Å²) in [6.07, 6.45) is 3.12. The van der Waals surface area contributed by atoms with Crippen LogP contribution in [0, 0.1) is 0 Å². The van der Waals surface area contributed by atoms with E-state index >= 15 is 0 Å². The molecule has 2 N–H and O–H groups in total. The Bertz CT molecular complexity index is 1210. The van der Waals surface area contributed by atoms with E-state index in [0.29, 0.717) is 18.3 Å². The average molecular weight is 494 g/mol. The predicted octanol–water partition coefficient (Wildman–Crippen LogP) is 4.28. The molecule has 0 amide bonds. The summed E-state index contributed by atoms with van der Waals surface area (Å²) in [4.78, 5) is 2.61. The van der Waals surface area contributed by atoms with Gasteiger partial charge in [-0.2, -0.15) is 0 Å². The summed E-state index contributed by atoms with van der Waals surface area (Å²) in [7, 11) is -3.58. The first-order valence-electron chi connectivity index (χ1n) is 12.1. The summed E-state index contributed by atoms with van der Waals surface area (Å²) in [6.45, 7) is 3.41. The van der Waals surface area contributed by atoms with Gasteiger partial charge in [0.05, 0.1) is 4.90 Å². The molecular formula is C27H31N3O4S. The molecule has 7 nitrogen and oxygen atoms in total. The van der Waals surface area contributed by atoms with Crippen molar-refractivity contribution in [1.29, 1.82) is 0 Å². The number of nitrogens with one attached hydrogen (secondary N) is 2. The van der Waals surface area contributed by atoms with Gasteiger partial charge >= 0.3 is 0 Å². The Labute approximate surface area is 207 Å². The van der Waals surface area contributed by atoms with Crippen LogP contribution in [-0.4, -0.2) is 46.8 Å². The monoisotopic (exact) mass is 493 g/mol. The van der Waals surface area contributed by atoms with Gasteiger partial charge < -0.3 is 19.7 Å². The molecule has 8 heteroatoms. The van der Waals surface area contributed by atoms with Crippen molar-refractivity contribution in [3.05, 3.63) is 78.9 Å². The van der Waals surface area contributed by atoms with Gasteiger partial charge in [-0.1, -0.05) is 30.3 Å². The van der Waals surface area contributed by atoms with Crippen LogP contribution in [0.15, 0.2) is 83.8 Å². The maximum absolute atomic E-state index is 12.5. The number of anilines is 2. The molecule has 2 aliphatic rings. The minimum Gasteiger partial charge on any atom is -0.486 e. The Kier molecular flexibility index (Phi) is 7.11. The van der Waals surface area contributed by atoms with E-state index in [1.165, 1.54) is 0 Å². The highest BCUT2D eigenvalue weighted by molar-refractivity contribution is 7.92. The highest BCUT2D eigenvalue weighted by Gasteiger charge is 2.23. The van der Waals surface area contributed by atoms with Crippen molar-refractivity contribution in [3.8, 4) is 11.5 Å². The summed E-state index contributed by atoms with van der Waals surface area (Å²) in [5, 5.41) is 3.68. The SMILES string of the molecule is O=S(=O)(Nc1ccc(N2CCC(NCCC3COc4ccccc4O3)CC2)cc1)c1ccccc1. The van der Waals surface area contributed by atoms with Gasteiger partial charge in [-0.15, -0.1) is 0 Å². The lowest BCUT2D eigenvalue weighted by Gasteiger charge is -2.34. The zero-order chi connectivity index (χ0) is 24.1. The second-order valence-electron chi connectivity index (χ2n) is 8.97. The highest BCUT2D eigenvalue weighted by atomic mass is 32.2. The van der Waals surface area contributed by atoms with Gasteiger partial charge in [0, 0.05) is 36.9 Å². The van der Waals surface area contributed by atoms with Crippen LogP contribution in [-0.2, 0) is 10.0 Å². The molecule has 2 heterocycles. The third-order valence-corrected chi connectivity index (χ3v) is 7.90. The third kappa shape index (κ3) is 5.89. The highest BCUT2D eigenvalue weighted by Crippen LogP contribution is 2.31. The average Bonchev–Trinajstić information content (AvgIpc) is 2.90. The standard InChI is InChI=1S/C27H31N3O4S/c31-35(32,25-6-2-1-3-7-25)29-22-10-12-23(13-11-22)30-18-15-21(16-19-30)28-17-14-24-20-33-26-8-4-5-9-27(26)34-24/h1-13,21,24,28-29H,14-20H2. The van der Waals surface area contributed by atoms with Crippen molar-refractivity contribution in [2.45, 2.75) is 36.3 Å². The van der Waals surface area contributed by atoms with E-state index in [0.717, 1.165) is 56.1 Å². The van der Waals surface area contributed by atoms with Gasteiger partial charge in [0.2, 0.25) is 0 Å². The Hall–Kier alpha value is -3.23. The number of rotatable bonds is 8. The number of fused-ring (bicyclic) bond motifs is 1. The van der Waals surface area contributed by atoms with Gasteiger partial charge in [-0.05, 0) is 67.9 Å². The number of hydrogen-bond donors (Lipinski definition) is 2. The second kappa shape index (κ2) is 10.6. The molecule has 2 aliphatic heterocycles. The van der Waals surface area contributed by atoms with Gasteiger partial charge in [-0.25, -0.2) is 8.42 Å². The smallest absolute Gasteiger partial charge is 0.261 e. The first-order chi connectivity index (χ1) is 17.1. The fraction of sp³-hybridized carbons (Fsp3) is 0.333. The Morgan fingerprint density at radius 2 is 1.54 bits per heavy atom. The van der Waals surface area contributed by atoms with Crippen LogP contribution < -0.4 is 24.4 Å². The van der Waals surface area contributed by atoms with Crippen molar-refractivity contribution >= 4 is 21.4 Å². The molecule has 1 fully saturated rings. The van der Waals surface area contributed by atoms with Crippen LogP contribution in [0.4, 0.5) is 11.4 Å².